The number of aryl methyl sites for hydroxylation is 1. The van der Waals surface area contributed by atoms with Crippen molar-refractivity contribution in [2.45, 2.75) is 26.5 Å². The van der Waals surface area contributed by atoms with Crippen molar-refractivity contribution in [2.24, 2.45) is 0 Å². The lowest BCUT2D eigenvalue weighted by Gasteiger charge is -2.14. The second-order valence-electron chi connectivity index (χ2n) is 5.06. The molecule has 2 aromatic rings. The van der Waals surface area contributed by atoms with E-state index in [0.29, 0.717) is 6.61 Å². The fourth-order valence-corrected chi connectivity index (χ4v) is 2.05. The third kappa shape index (κ3) is 5.15. The molecule has 0 aliphatic heterocycles. The maximum atomic E-state index is 5.66. The van der Waals surface area contributed by atoms with Crippen LogP contribution in [0.4, 0.5) is 0 Å². The van der Waals surface area contributed by atoms with Gasteiger partial charge in [0.2, 0.25) is 0 Å². The van der Waals surface area contributed by atoms with Crippen LogP contribution in [0.15, 0.2) is 40.9 Å². The Hall–Kier alpha value is -1.65. The third-order valence-corrected chi connectivity index (χ3v) is 3.05. The van der Waals surface area contributed by atoms with E-state index in [1.807, 2.05) is 31.2 Å². The largest absolute Gasteiger partial charge is 0.377 e. The molecule has 0 bridgehead atoms. The molecule has 0 saturated heterocycles. The molecule has 2 rings (SSSR count). The molecule has 0 unspecified atom stereocenters. The average Bonchev–Trinajstić information content (AvgIpc) is 2.85. The van der Waals surface area contributed by atoms with E-state index in [2.05, 4.69) is 29.2 Å². The highest BCUT2D eigenvalue weighted by atomic mass is 16.5. The summed E-state index contributed by atoms with van der Waals surface area (Å²) in [6, 6.07) is 12.2. The van der Waals surface area contributed by atoms with Crippen LogP contribution in [-0.2, 0) is 17.9 Å². The van der Waals surface area contributed by atoms with Crippen molar-refractivity contribution in [1.82, 2.24) is 10.1 Å². The molecular weight excluding hydrogens is 252 g/mol. The molecule has 4 heteroatoms. The molecule has 0 N–H and O–H groups in total. The van der Waals surface area contributed by atoms with E-state index in [9.17, 15) is 0 Å². The van der Waals surface area contributed by atoms with E-state index >= 15 is 0 Å². The van der Waals surface area contributed by atoms with Crippen LogP contribution in [0.1, 0.15) is 23.4 Å². The number of nitrogens with zero attached hydrogens (tertiary/aromatic N) is 2. The summed E-state index contributed by atoms with van der Waals surface area (Å²) in [5, 5.41) is 3.99. The summed E-state index contributed by atoms with van der Waals surface area (Å²) in [5.74, 6) is 0.861. The molecule has 0 atom stereocenters. The smallest absolute Gasteiger partial charge is 0.133 e. The predicted molar refractivity (Wildman–Crippen MR) is 78.3 cm³/mol. The minimum atomic E-state index is 0.688. The summed E-state index contributed by atoms with van der Waals surface area (Å²) in [7, 11) is 2.08. The fraction of sp³-hybridized carbons (Fsp3) is 0.438. The maximum absolute atomic E-state index is 5.66. The van der Waals surface area contributed by atoms with E-state index in [0.717, 1.165) is 37.6 Å². The van der Waals surface area contributed by atoms with Crippen LogP contribution in [0, 0.1) is 6.92 Å². The molecule has 0 aliphatic carbocycles. The van der Waals surface area contributed by atoms with Crippen LogP contribution in [-0.4, -0.2) is 30.3 Å². The van der Waals surface area contributed by atoms with Crippen LogP contribution >= 0.6 is 0 Å². The van der Waals surface area contributed by atoms with Gasteiger partial charge in [-0.05, 0) is 26.0 Å². The summed E-state index contributed by atoms with van der Waals surface area (Å²) in [4.78, 5) is 2.23. The van der Waals surface area contributed by atoms with Crippen LogP contribution in [0.3, 0.4) is 0 Å². The first-order valence-corrected chi connectivity index (χ1v) is 6.96. The Morgan fingerprint density at radius 1 is 1.25 bits per heavy atom. The van der Waals surface area contributed by atoms with Gasteiger partial charge < -0.3 is 14.2 Å². The number of hydrogen-bond acceptors (Lipinski definition) is 4. The maximum Gasteiger partial charge on any atom is 0.133 e. The molecule has 108 valence electrons. The summed E-state index contributed by atoms with van der Waals surface area (Å²) in [5.41, 5.74) is 2.20. The highest BCUT2D eigenvalue weighted by molar-refractivity contribution is 5.13. The van der Waals surface area contributed by atoms with Crippen molar-refractivity contribution in [3.8, 4) is 0 Å². The molecular formula is C16H22N2O2. The zero-order valence-corrected chi connectivity index (χ0v) is 12.2. The molecule has 0 amide bonds. The zero-order chi connectivity index (χ0) is 14.2. The Kier molecular flexibility index (Phi) is 5.77. The monoisotopic (exact) mass is 274 g/mol. The lowest BCUT2D eigenvalue weighted by Crippen LogP contribution is -2.20. The van der Waals surface area contributed by atoms with E-state index in [-0.39, 0.29) is 0 Å². The second kappa shape index (κ2) is 7.82. The molecule has 1 heterocycles. The molecule has 0 radical (unpaired) electrons. The molecule has 1 aromatic heterocycles. The molecule has 0 fully saturated rings. The summed E-state index contributed by atoms with van der Waals surface area (Å²) < 4.78 is 10.7. The van der Waals surface area contributed by atoms with Gasteiger partial charge in [0.1, 0.15) is 5.76 Å². The first-order valence-electron chi connectivity index (χ1n) is 6.96. The number of ether oxygens (including phenoxy) is 1. The number of hydrogen-bond donors (Lipinski definition) is 0. The molecule has 0 aliphatic rings. The minimum absolute atomic E-state index is 0.688. The van der Waals surface area contributed by atoms with Crippen molar-refractivity contribution in [2.75, 3.05) is 20.2 Å². The van der Waals surface area contributed by atoms with Crippen LogP contribution < -0.4 is 0 Å². The van der Waals surface area contributed by atoms with Gasteiger partial charge in [-0.2, -0.15) is 0 Å². The Morgan fingerprint density at radius 2 is 2.05 bits per heavy atom. The first kappa shape index (κ1) is 14.8. The predicted octanol–water partition coefficient (Wildman–Crippen LogP) is 3.02. The van der Waals surface area contributed by atoms with Crippen LogP contribution in [0.5, 0.6) is 0 Å². The lowest BCUT2D eigenvalue weighted by molar-refractivity contribution is 0.110. The SMILES string of the molecule is Cc1cc(CN(C)CCCOCc2ccccc2)no1. The second-order valence-corrected chi connectivity index (χ2v) is 5.06. The van der Waals surface area contributed by atoms with E-state index in [1.54, 1.807) is 0 Å². The van der Waals surface area contributed by atoms with Gasteiger partial charge in [0.05, 0.1) is 12.3 Å². The summed E-state index contributed by atoms with van der Waals surface area (Å²) >= 11 is 0. The molecule has 1 aromatic carbocycles. The average molecular weight is 274 g/mol. The lowest BCUT2D eigenvalue weighted by atomic mass is 10.2. The third-order valence-electron chi connectivity index (χ3n) is 3.05. The quantitative estimate of drug-likeness (QED) is 0.694. The molecule has 20 heavy (non-hydrogen) atoms. The number of benzene rings is 1. The standard InChI is InChI=1S/C16H22N2O2/c1-14-11-16(17-20-14)12-18(2)9-6-10-19-13-15-7-4-3-5-8-15/h3-5,7-8,11H,6,9-10,12-13H2,1-2H3. The Labute approximate surface area is 120 Å². The van der Waals surface area contributed by atoms with Crippen molar-refractivity contribution < 1.29 is 9.26 Å². The molecule has 4 nitrogen and oxygen atoms in total. The minimum Gasteiger partial charge on any atom is -0.377 e. The molecule has 0 saturated carbocycles. The topological polar surface area (TPSA) is 38.5 Å². The van der Waals surface area contributed by atoms with E-state index < -0.39 is 0 Å². The van der Waals surface area contributed by atoms with Crippen molar-refractivity contribution >= 4 is 0 Å². The Balaban J connectivity index is 1.56. The van der Waals surface area contributed by atoms with Crippen molar-refractivity contribution in [3.63, 3.8) is 0 Å². The summed E-state index contributed by atoms with van der Waals surface area (Å²) in [6.07, 6.45) is 1.01. The first-order chi connectivity index (χ1) is 9.74. The van der Waals surface area contributed by atoms with Gasteiger partial charge >= 0.3 is 0 Å². The van der Waals surface area contributed by atoms with Gasteiger partial charge in [-0.25, -0.2) is 0 Å². The van der Waals surface area contributed by atoms with Gasteiger partial charge in [0.15, 0.2) is 0 Å². The van der Waals surface area contributed by atoms with Gasteiger partial charge in [-0.3, -0.25) is 0 Å². The van der Waals surface area contributed by atoms with Crippen LogP contribution in [0.2, 0.25) is 0 Å². The highest BCUT2D eigenvalue weighted by Crippen LogP contribution is 2.05. The van der Waals surface area contributed by atoms with E-state index in [1.165, 1.54) is 5.56 Å². The van der Waals surface area contributed by atoms with Gasteiger partial charge in [0.25, 0.3) is 0 Å². The Bertz CT molecular complexity index is 496. The van der Waals surface area contributed by atoms with Crippen LogP contribution in [0.25, 0.3) is 0 Å². The fourth-order valence-electron chi connectivity index (χ4n) is 2.05. The highest BCUT2D eigenvalue weighted by Gasteiger charge is 2.04. The summed E-state index contributed by atoms with van der Waals surface area (Å²) in [6.45, 7) is 5.18. The van der Waals surface area contributed by atoms with Gasteiger partial charge in [-0.1, -0.05) is 35.5 Å². The van der Waals surface area contributed by atoms with Gasteiger partial charge in [0, 0.05) is 25.8 Å². The zero-order valence-electron chi connectivity index (χ0n) is 12.2. The van der Waals surface area contributed by atoms with Crippen molar-refractivity contribution in [1.29, 1.82) is 0 Å². The normalized spacial score (nSPS) is 11.2. The van der Waals surface area contributed by atoms with E-state index in [4.69, 9.17) is 9.26 Å². The van der Waals surface area contributed by atoms with Crippen molar-refractivity contribution in [3.05, 3.63) is 53.4 Å². The van der Waals surface area contributed by atoms with Gasteiger partial charge in [-0.15, -0.1) is 0 Å². The Morgan fingerprint density at radius 3 is 2.75 bits per heavy atom. The number of aromatic nitrogens is 1. The molecule has 0 spiro atoms. The number of rotatable bonds is 8.